The lowest BCUT2D eigenvalue weighted by atomic mass is 9.98. The second kappa shape index (κ2) is 59.2. The van der Waals surface area contributed by atoms with Crippen molar-refractivity contribution in [1.82, 2.24) is 0 Å². The number of allylic oxidation sites excluding steroid dienone is 22. The van der Waals surface area contributed by atoms with E-state index in [4.69, 9.17) is 23.7 Å². The predicted molar refractivity (Wildman–Crippen MR) is 349 cm³/mol. The zero-order valence-corrected chi connectivity index (χ0v) is 53.1. The van der Waals surface area contributed by atoms with Gasteiger partial charge in [0.05, 0.1) is 6.61 Å². The van der Waals surface area contributed by atoms with Crippen LogP contribution in [-0.2, 0) is 42.9 Å². The quantitative estimate of drug-likeness (QED) is 0.0228. The normalized spacial score (nSPS) is 18.3. The van der Waals surface area contributed by atoms with Crippen LogP contribution in [0.5, 0.6) is 0 Å². The largest absolute Gasteiger partial charge is 0.479 e. The van der Waals surface area contributed by atoms with Gasteiger partial charge in [-0.05, 0) is 122 Å². The summed E-state index contributed by atoms with van der Waals surface area (Å²) in [5, 5.41) is 31.6. The van der Waals surface area contributed by atoms with E-state index < -0.39 is 67.3 Å². The lowest BCUT2D eigenvalue weighted by molar-refractivity contribution is -0.301. The Morgan fingerprint density at radius 2 is 0.765 bits per heavy atom. The van der Waals surface area contributed by atoms with Gasteiger partial charge in [-0.2, -0.15) is 0 Å². The van der Waals surface area contributed by atoms with Crippen LogP contribution in [0.2, 0.25) is 0 Å². The molecule has 3 N–H and O–H groups in total. The molecule has 1 heterocycles. The Kier molecular flexibility index (Phi) is 54.2. The van der Waals surface area contributed by atoms with Crippen molar-refractivity contribution in [2.24, 2.45) is 0 Å². The van der Waals surface area contributed by atoms with Gasteiger partial charge in [-0.3, -0.25) is 14.4 Å². The van der Waals surface area contributed by atoms with Crippen molar-refractivity contribution in [3.8, 4) is 0 Å². The standard InChI is InChI=1S/C73H116O12/c1-4-7-10-13-16-19-22-25-28-31-33-36-38-41-44-47-50-53-56-59-65(74)81-62-64(83-66(75)60-57-54-51-48-45-42-39-35-30-27-24-21-18-15-12-9-6-3)63-82-73-71(69(78)68(77)70(85-73)72(79)80)84-67(76)61-58-55-52-49-46-43-40-37-34-32-29-26-23-20-17-14-11-8-5-2/h7-8,10-11,16-17,19-20,25-30,33-34,36-37,41,44,50,53,64,68-71,73,77-78H,4-6,9,12-15,18,21-24,31-32,35,38-40,42-43,45-49,51-52,54-63H2,1-3H3,(H,79,80)/b10-7-,11-8-,19-16-,20-17-,28-25-,29-26-,30-27-,36-33-,37-34-,44-41-,53-50-. The SMILES string of the molecule is CC/C=C\C/C=C\C/C=C\C/C=C\C/C=C\C/C=C\CCC(=O)OCC(COC1OC(C(=O)O)C(O)C(O)C1OC(=O)CCCCCCCC/C=C\C/C=C\C/C=C\C/C=C\CC)OC(=O)CCCCCCCCC/C=C\CCCCCCCC. The third-order valence-corrected chi connectivity index (χ3v) is 14.2. The molecule has 0 bridgehead atoms. The predicted octanol–water partition coefficient (Wildman–Crippen LogP) is 18.1. The number of carboxylic acids is 1. The summed E-state index contributed by atoms with van der Waals surface area (Å²) >= 11 is 0. The summed E-state index contributed by atoms with van der Waals surface area (Å²) in [4.78, 5) is 51.4. The molecule has 0 radical (unpaired) electrons. The first kappa shape index (κ1) is 77.9. The molecule has 480 valence electrons. The Bertz CT molecular complexity index is 1990. The Morgan fingerprint density at radius 1 is 0.400 bits per heavy atom. The van der Waals surface area contributed by atoms with Crippen LogP contribution in [0.3, 0.4) is 0 Å². The molecule has 1 aliphatic heterocycles. The molecule has 1 rings (SSSR count). The maximum atomic E-state index is 13.2. The highest BCUT2D eigenvalue weighted by Gasteiger charge is 2.50. The molecule has 1 saturated heterocycles. The molecular weight excluding hydrogens is 1070 g/mol. The van der Waals surface area contributed by atoms with Crippen LogP contribution in [0.4, 0.5) is 0 Å². The van der Waals surface area contributed by atoms with E-state index in [0.29, 0.717) is 19.3 Å². The fourth-order valence-corrected chi connectivity index (χ4v) is 9.20. The molecule has 12 nitrogen and oxygen atoms in total. The molecule has 0 saturated carbocycles. The van der Waals surface area contributed by atoms with Crippen LogP contribution in [0.15, 0.2) is 134 Å². The summed E-state index contributed by atoms with van der Waals surface area (Å²) in [6.07, 6.45) is 71.3. The molecule has 85 heavy (non-hydrogen) atoms. The first-order valence-corrected chi connectivity index (χ1v) is 33.2. The van der Waals surface area contributed by atoms with Gasteiger partial charge in [-0.25, -0.2) is 4.79 Å². The lowest BCUT2D eigenvalue weighted by Crippen LogP contribution is -2.61. The first-order valence-electron chi connectivity index (χ1n) is 33.2. The van der Waals surface area contributed by atoms with Crippen molar-refractivity contribution >= 4 is 23.9 Å². The van der Waals surface area contributed by atoms with Gasteiger partial charge >= 0.3 is 23.9 Å². The molecule has 0 amide bonds. The molecule has 0 aliphatic carbocycles. The molecule has 6 atom stereocenters. The second-order valence-electron chi connectivity index (χ2n) is 22.0. The summed E-state index contributed by atoms with van der Waals surface area (Å²) in [6.45, 7) is 5.71. The van der Waals surface area contributed by atoms with Crippen LogP contribution in [-0.4, -0.2) is 89.2 Å². The van der Waals surface area contributed by atoms with E-state index in [0.717, 1.165) is 135 Å². The number of aliphatic hydroxyl groups is 2. The van der Waals surface area contributed by atoms with Crippen molar-refractivity contribution in [3.05, 3.63) is 134 Å². The minimum atomic E-state index is -1.93. The summed E-state index contributed by atoms with van der Waals surface area (Å²) in [5.41, 5.74) is 0. The van der Waals surface area contributed by atoms with Crippen molar-refractivity contribution < 1.29 is 58.2 Å². The topological polar surface area (TPSA) is 175 Å². The Morgan fingerprint density at radius 3 is 1.19 bits per heavy atom. The van der Waals surface area contributed by atoms with E-state index >= 15 is 0 Å². The van der Waals surface area contributed by atoms with Crippen molar-refractivity contribution in [2.75, 3.05) is 13.2 Å². The third-order valence-electron chi connectivity index (χ3n) is 14.2. The highest BCUT2D eigenvalue weighted by atomic mass is 16.7. The summed E-state index contributed by atoms with van der Waals surface area (Å²) in [5.74, 6) is -3.26. The van der Waals surface area contributed by atoms with Gasteiger partial charge in [-0.1, -0.05) is 244 Å². The fourth-order valence-electron chi connectivity index (χ4n) is 9.20. The Hall–Kier alpha value is -5.14. The van der Waals surface area contributed by atoms with Crippen LogP contribution in [0.1, 0.15) is 252 Å². The zero-order valence-electron chi connectivity index (χ0n) is 53.1. The number of carbonyl (C=O) groups excluding carboxylic acids is 3. The number of aliphatic carboxylic acids is 1. The molecule has 0 spiro atoms. The van der Waals surface area contributed by atoms with Gasteiger partial charge in [-0.15, -0.1) is 0 Å². The molecule has 0 aromatic rings. The Labute approximate surface area is 515 Å². The average Bonchev–Trinajstić information content (AvgIpc) is 3.51. The average molecular weight is 1190 g/mol. The molecule has 0 aromatic carbocycles. The number of carboxylic acid groups (broad SMARTS) is 1. The highest BCUT2D eigenvalue weighted by Crippen LogP contribution is 2.26. The molecule has 12 heteroatoms. The highest BCUT2D eigenvalue weighted by molar-refractivity contribution is 5.74. The number of rotatable bonds is 55. The van der Waals surface area contributed by atoms with Gasteiger partial charge in [0.25, 0.3) is 0 Å². The van der Waals surface area contributed by atoms with Crippen molar-refractivity contribution in [2.45, 2.75) is 289 Å². The smallest absolute Gasteiger partial charge is 0.335 e. The minimum absolute atomic E-state index is 0.0299. The van der Waals surface area contributed by atoms with E-state index in [1.54, 1.807) is 0 Å². The Balaban J connectivity index is 2.72. The number of hydrogen-bond donors (Lipinski definition) is 3. The van der Waals surface area contributed by atoms with E-state index in [1.165, 1.54) is 57.8 Å². The maximum Gasteiger partial charge on any atom is 0.335 e. The number of hydrogen-bond acceptors (Lipinski definition) is 11. The molecule has 0 aromatic heterocycles. The number of esters is 3. The van der Waals surface area contributed by atoms with E-state index in [9.17, 15) is 34.5 Å². The molecule has 1 fully saturated rings. The van der Waals surface area contributed by atoms with Gasteiger partial charge < -0.3 is 39.0 Å². The van der Waals surface area contributed by atoms with Crippen molar-refractivity contribution in [3.63, 3.8) is 0 Å². The van der Waals surface area contributed by atoms with Crippen molar-refractivity contribution in [1.29, 1.82) is 0 Å². The third kappa shape index (κ3) is 48.6. The maximum absolute atomic E-state index is 13.2. The monoisotopic (exact) mass is 1180 g/mol. The fraction of sp³-hybridized carbons (Fsp3) is 0.644. The molecule has 6 unspecified atom stereocenters. The summed E-state index contributed by atoms with van der Waals surface area (Å²) in [6, 6.07) is 0. The van der Waals surface area contributed by atoms with Gasteiger partial charge in [0.15, 0.2) is 24.6 Å². The van der Waals surface area contributed by atoms with E-state index in [1.807, 2.05) is 12.2 Å². The van der Waals surface area contributed by atoms with Gasteiger partial charge in [0.2, 0.25) is 0 Å². The van der Waals surface area contributed by atoms with Crippen LogP contribution >= 0.6 is 0 Å². The summed E-state index contributed by atoms with van der Waals surface area (Å²) < 4.78 is 28.5. The van der Waals surface area contributed by atoms with Gasteiger partial charge in [0, 0.05) is 19.3 Å². The summed E-state index contributed by atoms with van der Waals surface area (Å²) in [7, 11) is 0. The van der Waals surface area contributed by atoms with Crippen LogP contribution in [0.25, 0.3) is 0 Å². The van der Waals surface area contributed by atoms with Crippen LogP contribution in [0, 0.1) is 0 Å². The van der Waals surface area contributed by atoms with Gasteiger partial charge in [0.1, 0.15) is 18.8 Å². The van der Waals surface area contributed by atoms with E-state index in [2.05, 4.69) is 142 Å². The van der Waals surface area contributed by atoms with E-state index in [-0.39, 0.29) is 25.9 Å². The first-order chi connectivity index (χ1) is 41.6. The minimum Gasteiger partial charge on any atom is -0.479 e. The van der Waals surface area contributed by atoms with Crippen LogP contribution < -0.4 is 0 Å². The second-order valence-corrected chi connectivity index (χ2v) is 22.0. The lowest BCUT2D eigenvalue weighted by Gasteiger charge is -2.40. The number of carbonyl (C=O) groups is 4. The number of unbranched alkanes of at least 4 members (excludes halogenated alkanes) is 19. The number of aliphatic hydroxyl groups excluding tert-OH is 2. The molecule has 1 aliphatic rings. The number of ether oxygens (including phenoxy) is 5. The molecular formula is C73H116O12. The zero-order chi connectivity index (χ0) is 61.7.